The number of rotatable bonds is 3. The summed E-state index contributed by atoms with van der Waals surface area (Å²) in [5.41, 5.74) is 1.41. The highest BCUT2D eigenvalue weighted by Gasteiger charge is 2.09. The Hall–Kier alpha value is -0.920. The molecule has 0 aliphatic rings. The highest BCUT2D eigenvalue weighted by molar-refractivity contribution is 14.1. The molecule has 0 aliphatic heterocycles. The summed E-state index contributed by atoms with van der Waals surface area (Å²) in [4.78, 5) is 4.17. The second-order valence-electron chi connectivity index (χ2n) is 3.34. The van der Waals surface area contributed by atoms with Gasteiger partial charge in [0.05, 0.1) is 5.69 Å². The van der Waals surface area contributed by atoms with Crippen LogP contribution in [0.5, 0.6) is 0 Å². The maximum absolute atomic E-state index is 8.80. The Morgan fingerprint density at radius 1 is 1.38 bits per heavy atom. The third-order valence-electron chi connectivity index (χ3n) is 2.02. The maximum atomic E-state index is 8.80. The van der Waals surface area contributed by atoms with Gasteiger partial charge >= 0.3 is 0 Å². The number of nitrogens with zero attached hydrogens (tertiary/aromatic N) is 1. The van der Waals surface area contributed by atoms with Crippen molar-refractivity contribution in [2.45, 2.75) is 12.7 Å². The monoisotopic (exact) mass is 331 g/mol. The fourth-order valence-electron chi connectivity index (χ4n) is 1.34. The summed E-state index contributed by atoms with van der Waals surface area (Å²) in [6.07, 6.45) is 0.121. The molecule has 0 aliphatic carbocycles. The predicted octanol–water partition coefficient (Wildman–Crippen LogP) is 1.80. The molecule has 16 heavy (non-hydrogen) atoms. The quantitative estimate of drug-likeness (QED) is 0.665. The van der Waals surface area contributed by atoms with Crippen molar-refractivity contribution in [2.24, 2.45) is 0 Å². The van der Waals surface area contributed by atoms with Crippen LogP contribution in [-0.2, 0) is 6.42 Å². The van der Waals surface area contributed by atoms with Gasteiger partial charge in [0.1, 0.15) is 6.26 Å². The molecule has 0 radical (unpaired) electrons. The number of hydrogen-bond donors (Lipinski definition) is 2. The van der Waals surface area contributed by atoms with Gasteiger partial charge in [0.25, 0.3) is 0 Å². The van der Waals surface area contributed by atoms with E-state index < -0.39 is 6.29 Å². The molecule has 2 N–H and O–H groups in total. The summed E-state index contributed by atoms with van der Waals surface area (Å²) in [6, 6.07) is 7.74. The van der Waals surface area contributed by atoms with Gasteiger partial charge in [-0.15, -0.1) is 0 Å². The lowest BCUT2D eigenvalue weighted by molar-refractivity contribution is -0.0388. The third-order valence-corrected chi connectivity index (χ3v) is 2.69. The molecule has 0 atom stereocenters. The molecule has 1 heterocycles. The lowest BCUT2D eigenvalue weighted by atomic mass is 10.2. The van der Waals surface area contributed by atoms with Gasteiger partial charge < -0.3 is 14.6 Å². The number of benzene rings is 1. The maximum Gasteiger partial charge on any atom is 0.226 e. The van der Waals surface area contributed by atoms with Crippen LogP contribution in [0.2, 0.25) is 0 Å². The van der Waals surface area contributed by atoms with Gasteiger partial charge in [-0.1, -0.05) is 6.07 Å². The average molecular weight is 331 g/mol. The first-order valence-corrected chi connectivity index (χ1v) is 5.79. The molecule has 0 fully saturated rings. The average Bonchev–Trinajstić information content (AvgIpc) is 2.65. The molecule has 0 saturated carbocycles. The Morgan fingerprint density at radius 2 is 2.19 bits per heavy atom. The first-order valence-electron chi connectivity index (χ1n) is 4.71. The first-order chi connectivity index (χ1) is 7.65. The number of oxazole rings is 1. The highest BCUT2D eigenvalue weighted by Crippen LogP contribution is 2.20. The van der Waals surface area contributed by atoms with Crippen LogP contribution >= 0.6 is 22.6 Å². The normalized spacial score (nSPS) is 11.0. The number of aliphatic hydroxyl groups is 2. The second-order valence-corrected chi connectivity index (χ2v) is 4.58. The van der Waals surface area contributed by atoms with Crippen molar-refractivity contribution in [3.63, 3.8) is 0 Å². The topological polar surface area (TPSA) is 66.5 Å². The zero-order valence-corrected chi connectivity index (χ0v) is 10.5. The van der Waals surface area contributed by atoms with E-state index in [2.05, 4.69) is 27.6 Å². The zero-order chi connectivity index (χ0) is 11.5. The lowest BCUT2D eigenvalue weighted by Gasteiger charge is -1.97. The Bertz CT molecular complexity index is 482. The van der Waals surface area contributed by atoms with E-state index in [4.69, 9.17) is 14.6 Å². The van der Waals surface area contributed by atoms with Crippen LogP contribution < -0.4 is 0 Å². The van der Waals surface area contributed by atoms with E-state index in [1.807, 2.05) is 24.3 Å². The van der Waals surface area contributed by atoms with Crippen molar-refractivity contribution in [3.8, 4) is 11.5 Å². The fourth-order valence-corrected chi connectivity index (χ4v) is 1.88. The lowest BCUT2D eigenvalue weighted by Crippen LogP contribution is -2.08. The molecule has 2 rings (SSSR count). The predicted molar refractivity (Wildman–Crippen MR) is 66.6 cm³/mol. The van der Waals surface area contributed by atoms with Crippen LogP contribution in [0.15, 0.2) is 34.9 Å². The van der Waals surface area contributed by atoms with Crippen LogP contribution in [0.25, 0.3) is 11.5 Å². The van der Waals surface area contributed by atoms with Crippen molar-refractivity contribution in [3.05, 3.63) is 39.8 Å². The highest BCUT2D eigenvalue weighted by atomic mass is 127. The number of aromatic nitrogens is 1. The van der Waals surface area contributed by atoms with Crippen molar-refractivity contribution in [1.29, 1.82) is 0 Å². The van der Waals surface area contributed by atoms with Crippen LogP contribution in [0.1, 0.15) is 5.69 Å². The van der Waals surface area contributed by atoms with Crippen LogP contribution in [0, 0.1) is 3.57 Å². The Balaban J connectivity index is 2.24. The van der Waals surface area contributed by atoms with E-state index in [1.165, 1.54) is 6.26 Å². The van der Waals surface area contributed by atoms with Gasteiger partial charge in [-0.2, -0.15) is 0 Å². The van der Waals surface area contributed by atoms with Crippen molar-refractivity contribution in [2.75, 3.05) is 0 Å². The molecule has 2 aromatic rings. The molecule has 0 saturated heterocycles. The standard InChI is InChI=1S/C11H10INO3/c12-8-3-1-2-7(4-8)11-13-9(6-16-11)5-10(14)15/h1-4,6,10,14-15H,5H2. The molecule has 84 valence electrons. The Morgan fingerprint density at radius 3 is 2.88 bits per heavy atom. The fraction of sp³-hybridized carbons (Fsp3) is 0.182. The van der Waals surface area contributed by atoms with E-state index in [9.17, 15) is 0 Å². The summed E-state index contributed by atoms with van der Waals surface area (Å²) in [5, 5.41) is 17.6. The SMILES string of the molecule is OC(O)Cc1coc(-c2cccc(I)c2)n1. The van der Waals surface area contributed by atoms with Gasteiger partial charge in [0.15, 0.2) is 6.29 Å². The van der Waals surface area contributed by atoms with E-state index in [0.29, 0.717) is 11.6 Å². The van der Waals surface area contributed by atoms with Crippen LogP contribution in [0.4, 0.5) is 0 Å². The van der Waals surface area contributed by atoms with Gasteiger partial charge in [-0.3, -0.25) is 0 Å². The molecule has 0 bridgehead atoms. The molecular weight excluding hydrogens is 321 g/mol. The minimum atomic E-state index is -1.39. The second kappa shape index (κ2) is 4.94. The summed E-state index contributed by atoms with van der Waals surface area (Å²) >= 11 is 2.21. The van der Waals surface area contributed by atoms with E-state index >= 15 is 0 Å². The summed E-state index contributed by atoms with van der Waals surface area (Å²) < 4.78 is 6.36. The Labute approximate surface area is 106 Å². The molecular formula is C11H10INO3. The first kappa shape index (κ1) is 11.6. The number of hydrogen-bond acceptors (Lipinski definition) is 4. The molecule has 4 nitrogen and oxygen atoms in total. The summed E-state index contributed by atoms with van der Waals surface area (Å²) in [6.45, 7) is 0. The van der Waals surface area contributed by atoms with Crippen LogP contribution in [0.3, 0.4) is 0 Å². The van der Waals surface area contributed by atoms with E-state index in [-0.39, 0.29) is 6.42 Å². The number of aliphatic hydroxyl groups excluding tert-OH is 1. The van der Waals surface area contributed by atoms with Gasteiger partial charge in [-0.05, 0) is 40.8 Å². The van der Waals surface area contributed by atoms with E-state index in [1.54, 1.807) is 0 Å². The van der Waals surface area contributed by atoms with Gasteiger partial charge in [0.2, 0.25) is 5.89 Å². The summed E-state index contributed by atoms with van der Waals surface area (Å²) in [5.74, 6) is 0.495. The minimum Gasteiger partial charge on any atom is -0.444 e. The smallest absolute Gasteiger partial charge is 0.226 e. The molecule has 1 aromatic carbocycles. The Kier molecular flexibility index (Phi) is 3.57. The molecule has 5 heteroatoms. The van der Waals surface area contributed by atoms with Crippen molar-refractivity contribution in [1.82, 2.24) is 4.98 Å². The molecule has 0 spiro atoms. The van der Waals surface area contributed by atoms with Crippen molar-refractivity contribution >= 4 is 22.6 Å². The number of halogens is 1. The summed E-state index contributed by atoms with van der Waals surface area (Å²) in [7, 11) is 0. The zero-order valence-electron chi connectivity index (χ0n) is 8.30. The largest absolute Gasteiger partial charge is 0.444 e. The van der Waals surface area contributed by atoms with Gasteiger partial charge in [-0.25, -0.2) is 4.98 Å². The third kappa shape index (κ3) is 2.81. The molecule has 0 unspecified atom stereocenters. The van der Waals surface area contributed by atoms with Gasteiger partial charge in [0, 0.05) is 15.6 Å². The van der Waals surface area contributed by atoms with Crippen molar-refractivity contribution < 1.29 is 14.6 Å². The van der Waals surface area contributed by atoms with Crippen LogP contribution in [-0.4, -0.2) is 21.5 Å². The minimum absolute atomic E-state index is 0.0768. The molecule has 0 amide bonds. The molecule has 1 aromatic heterocycles. The van der Waals surface area contributed by atoms with E-state index in [0.717, 1.165) is 9.13 Å².